The number of rotatable bonds is 5. The smallest absolute Gasteiger partial charge is 0.0718 e. The molecule has 3 heteroatoms. The van der Waals surface area contributed by atoms with Crippen LogP contribution in [0, 0.1) is 5.41 Å². The summed E-state index contributed by atoms with van der Waals surface area (Å²) >= 11 is 0. The van der Waals surface area contributed by atoms with E-state index in [1.807, 2.05) is 27.7 Å². The zero-order valence-corrected chi connectivity index (χ0v) is 10.1. The van der Waals surface area contributed by atoms with E-state index in [4.69, 9.17) is 0 Å². The highest BCUT2D eigenvalue weighted by Gasteiger charge is 2.39. The van der Waals surface area contributed by atoms with Crippen molar-refractivity contribution in [1.29, 1.82) is 0 Å². The van der Waals surface area contributed by atoms with Gasteiger partial charge in [-0.15, -0.1) is 0 Å². The number of hydrogen-bond acceptors (Lipinski definition) is 3. The molecule has 2 unspecified atom stereocenters. The van der Waals surface area contributed by atoms with Gasteiger partial charge in [0.15, 0.2) is 0 Å². The van der Waals surface area contributed by atoms with Crippen molar-refractivity contribution in [3.8, 4) is 0 Å². The van der Waals surface area contributed by atoms with Crippen molar-refractivity contribution in [2.24, 2.45) is 5.41 Å². The first-order valence-electron chi connectivity index (χ1n) is 5.32. The van der Waals surface area contributed by atoms with E-state index in [2.05, 4.69) is 5.32 Å². The van der Waals surface area contributed by atoms with Crippen LogP contribution in [-0.2, 0) is 0 Å². The first-order chi connectivity index (χ1) is 6.27. The Bertz CT molecular complexity index is 165. The van der Waals surface area contributed by atoms with Gasteiger partial charge in [-0.1, -0.05) is 27.7 Å². The third kappa shape index (κ3) is 3.56. The van der Waals surface area contributed by atoms with Crippen molar-refractivity contribution in [3.05, 3.63) is 0 Å². The lowest BCUT2D eigenvalue weighted by Crippen LogP contribution is -2.46. The molecule has 0 aliphatic carbocycles. The molecule has 0 aromatic rings. The minimum absolute atomic E-state index is 0.198. The second-order valence-electron chi connectivity index (χ2n) is 5.05. The van der Waals surface area contributed by atoms with E-state index in [1.165, 1.54) is 0 Å². The summed E-state index contributed by atoms with van der Waals surface area (Å²) in [7, 11) is 1.80. The topological polar surface area (TPSA) is 52.5 Å². The van der Waals surface area contributed by atoms with Crippen LogP contribution in [0.1, 0.15) is 40.5 Å². The molecule has 3 N–H and O–H groups in total. The quantitative estimate of drug-likeness (QED) is 0.628. The molecule has 0 aromatic heterocycles. The van der Waals surface area contributed by atoms with Gasteiger partial charge in [-0.25, -0.2) is 0 Å². The van der Waals surface area contributed by atoms with Gasteiger partial charge in [0.2, 0.25) is 0 Å². The van der Waals surface area contributed by atoms with E-state index in [-0.39, 0.29) is 5.41 Å². The van der Waals surface area contributed by atoms with Gasteiger partial charge in [0.05, 0.1) is 11.7 Å². The lowest BCUT2D eigenvalue weighted by molar-refractivity contribution is -0.0906. The summed E-state index contributed by atoms with van der Waals surface area (Å²) in [5, 5.41) is 22.9. The van der Waals surface area contributed by atoms with Crippen LogP contribution in [0.2, 0.25) is 0 Å². The van der Waals surface area contributed by atoms with Crippen LogP contribution in [-0.4, -0.2) is 35.5 Å². The maximum atomic E-state index is 10.4. The number of aliphatic hydroxyl groups excluding tert-OH is 1. The maximum absolute atomic E-state index is 10.4. The summed E-state index contributed by atoms with van der Waals surface area (Å²) in [6, 6.07) is 0. The molecule has 0 fully saturated rings. The van der Waals surface area contributed by atoms with Crippen LogP contribution in [0.4, 0.5) is 0 Å². The van der Waals surface area contributed by atoms with Gasteiger partial charge in [-0.05, 0) is 18.9 Å². The monoisotopic (exact) mass is 203 g/mol. The third-order valence-electron chi connectivity index (χ3n) is 2.99. The molecule has 3 nitrogen and oxygen atoms in total. The maximum Gasteiger partial charge on any atom is 0.0718 e. The Balaban J connectivity index is 4.40. The number of aliphatic hydroxyl groups is 2. The predicted octanol–water partition coefficient (Wildman–Crippen LogP) is 1.14. The Hall–Kier alpha value is -0.120. The van der Waals surface area contributed by atoms with Crippen LogP contribution in [0.3, 0.4) is 0 Å². The zero-order valence-electron chi connectivity index (χ0n) is 10.1. The molecule has 0 radical (unpaired) electrons. The standard InChI is InChI=1S/C11H25NO2/c1-6-11(14,10(2,3)4)7-9(13)8-12-5/h9,12-14H,6-8H2,1-5H3. The molecule has 86 valence electrons. The Morgan fingerprint density at radius 1 is 1.29 bits per heavy atom. The zero-order chi connectivity index (χ0) is 11.4. The van der Waals surface area contributed by atoms with Gasteiger partial charge in [0.1, 0.15) is 0 Å². The van der Waals surface area contributed by atoms with Crippen LogP contribution in [0.5, 0.6) is 0 Å². The Morgan fingerprint density at radius 3 is 2.07 bits per heavy atom. The SMILES string of the molecule is CCC(O)(CC(O)CNC)C(C)(C)C. The lowest BCUT2D eigenvalue weighted by Gasteiger charge is -2.41. The summed E-state index contributed by atoms with van der Waals surface area (Å²) in [5.41, 5.74) is -0.986. The van der Waals surface area contributed by atoms with E-state index in [9.17, 15) is 10.2 Å². The predicted molar refractivity (Wildman–Crippen MR) is 59.2 cm³/mol. The summed E-state index contributed by atoms with van der Waals surface area (Å²) in [6.45, 7) is 8.49. The van der Waals surface area contributed by atoms with E-state index in [1.54, 1.807) is 7.05 Å². The highest BCUT2D eigenvalue weighted by atomic mass is 16.3. The Labute approximate surface area is 87.5 Å². The fraction of sp³-hybridized carbons (Fsp3) is 1.00. The van der Waals surface area contributed by atoms with Gasteiger partial charge < -0.3 is 15.5 Å². The fourth-order valence-corrected chi connectivity index (χ4v) is 1.68. The molecular weight excluding hydrogens is 178 g/mol. The average Bonchev–Trinajstić information content (AvgIpc) is 2.02. The Morgan fingerprint density at radius 2 is 1.79 bits per heavy atom. The fourth-order valence-electron chi connectivity index (χ4n) is 1.68. The molecule has 0 rings (SSSR count). The normalized spacial score (nSPS) is 19.1. The molecule has 2 atom stereocenters. The van der Waals surface area contributed by atoms with Crippen molar-refractivity contribution in [1.82, 2.24) is 5.32 Å². The second-order valence-corrected chi connectivity index (χ2v) is 5.05. The van der Waals surface area contributed by atoms with Crippen LogP contribution in [0.25, 0.3) is 0 Å². The molecule has 0 saturated carbocycles. The van der Waals surface area contributed by atoms with Gasteiger partial charge in [-0.2, -0.15) is 0 Å². The molecule has 0 spiro atoms. The van der Waals surface area contributed by atoms with Crippen molar-refractivity contribution < 1.29 is 10.2 Å². The molecule has 0 amide bonds. The Kier molecular flexibility index (Phi) is 5.06. The van der Waals surface area contributed by atoms with Crippen LogP contribution >= 0.6 is 0 Å². The van der Waals surface area contributed by atoms with Crippen LogP contribution < -0.4 is 5.32 Å². The van der Waals surface area contributed by atoms with Crippen LogP contribution in [0.15, 0.2) is 0 Å². The summed E-state index contributed by atoms with van der Waals surface area (Å²) in [6.07, 6.45) is 0.606. The molecule has 0 bridgehead atoms. The lowest BCUT2D eigenvalue weighted by atomic mass is 9.72. The first-order valence-corrected chi connectivity index (χ1v) is 5.32. The summed E-state index contributed by atoms with van der Waals surface area (Å²) < 4.78 is 0. The van der Waals surface area contributed by atoms with E-state index >= 15 is 0 Å². The largest absolute Gasteiger partial charge is 0.392 e. The molecule has 14 heavy (non-hydrogen) atoms. The molecule has 0 aliphatic heterocycles. The highest BCUT2D eigenvalue weighted by Crippen LogP contribution is 2.36. The molecule has 0 heterocycles. The van der Waals surface area contributed by atoms with E-state index in [0.29, 0.717) is 19.4 Å². The van der Waals surface area contributed by atoms with Crippen molar-refractivity contribution in [2.45, 2.75) is 52.2 Å². The van der Waals surface area contributed by atoms with Gasteiger partial charge in [-0.3, -0.25) is 0 Å². The average molecular weight is 203 g/mol. The van der Waals surface area contributed by atoms with Gasteiger partial charge in [0, 0.05) is 13.0 Å². The summed E-state index contributed by atoms with van der Waals surface area (Å²) in [4.78, 5) is 0. The second kappa shape index (κ2) is 5.10. The van der Waals surface area contributed by atoms with Crippen molar-refractivity contribution >= 4 is 0 Å². The molecule has 0 saturated heterocycles. The third-order valence-corrected chi connectivity index (χ3v) is 2.99. The van der Waals surface area contributed by atoms with E-state index in [0.717, 1.165) is 0 Å². The summed E-state index contributed by atoms with van der Waals surface area (Å²) in [5.74, 6) is 0. The minimum Gasteiger partial charge on any atom is -0.392 e. The first kappa shape index (κ1) is 13.9. The van der Waals surface area contributed by atoms with Gasteiger partial charge >= 0.3 is 0 Å². The highest BCUT2D eigenvalue weighted by molar-refractivity contribution is 4.91. The van der Waals surface area contributed by atoms with Crippen molar-refractivity contribution in [3.63, 3.8) is 0 Å². The van der Waals surface area contributed by atoms with Crippen molar-refractivity contribution in [2.75, 3.05) is 13.6 Å². The molecule has 0 aromatic carbocycles. The number of nitrogens with one attached hydrogen (secondary N) is 1. The number of hydrogen-bond donors (Lipinski definition) is 3. The molecule has 0 aliphatic rings. The number of likely N-dealkylation sites (N-methyl/N-ethyl adjacent to an activating group) is 1. The minimum atomic E-state index is -0.788. The van der Waals surface area contributed by atoms with E-state index < -0.39 is 11.7 Å². The molecular formula is C11H25NO2. The van der Waals surface area contributed by atoms with Gasteiger partial charge in [0.25, 0.3) is 0 Å².